The lowest BCUT2D eigenvalue weighted by Gasteiger charge is -2.32. The molecule has 2 rings (SSSR count). The fraction of sp³-hybridized carbons (Fsp3) is 1.00. The van der Waals surface area contributed by atoms with Crippen molar-refractivity contribution in [3.63, 3.8) is 0 Å². The monoisotopic (exact) mass is 253 g/mol. The average molecular weight is 253 g/mol. The summed E-state index contributed by atoms with van der Waals surface area (Å²) < 4.78 is 0. The molecule has 1 aliphatic heterocycles. The fourth-order valence-corrected chi connectivity index (χ4v) is 3.16. The molecule has 1 atom stereocenters. The Bertz CT molecular complexity index is 228. The summed E-state index contributed by atoms with van der Waals surface area (Å²) in [6.07, 6.45) is 8.42. The maximum Gasteiger partial charge on any atom is 0.0110 e. The van der Waals surface area contributed by atoms with Crippen molar-refractivity contribution in [2.75, 3.05) is 39.8 Å². The molecule has 0 radical (unpaired) electrons. The zero-order chi connectivity index (χ0) is 12.8. The van der Waals surface area contributed by atoms with Gasteiger partial charge in [0.2, 0.25) is 0 Å². The fourth-order valence-electron chi connectivity index (χ4n) is 3.16. The van der Waals surface area contributed by atoms with Gasteiger partial charge in [-0.25, -0.2) is 0 Å². The van der Waals surface area contributed by atoms with E-state index in [2.05, 4.69) is 29.1 Å². The summed E-state index contributed by atoms with van der Waals surface area (Å²) in [4.78, 5) is 5.17. The second-order valence-electron chi connectivity index (χ2n) is 6.03. The van der Waals surface area contributed by atoms with Crippen LogP contribution in [0.25, 0.3) is 0 Å². The van der Waals surface area contributed by atoms with E-state index in [1.54, 1.807) is 0 Å². The van der Waals surface area contributed by atoms with Gasteiger partial charge in [0.1, 0.15) is 0 Å². The molecule has 1 N–H and O–H groups in total. The number of hydrogen-bond donors (Lipinski definition) is 1. The highest BCUT2D eigenvalue weighted by Gasteiger charge is 2.27. The van der Waals surface area contributed by atoms with E-state index in [-0.39, 0.29) is 0 Å². The van der Waals surface area contributed by atoms with Crippen molar-refractivity contribution < 1.29 is 0 Å². The Kier molecular flexibility index (Phi) is 5.93. The smallest absolute Gasteiger partial charge is 0.0110 e. The molecule has 0 spiro atoms. The van der Waals surface area contributed by atoms with Gasteiger partial charge < -0.3 is 10.2 Å². The van der Waals surface area contributed by atoms with E-state index in [1.807, 2.05) is 0 Å². The van der Waals surface area contributed by atoms with Gasteiger partial charge in [0.05, 0.1) is 0 Å². The first-order valence-corrected chi connectivity index (χ1v) is 7.96. The number of nitrogens with zero attached hydrogens (tertiary/aromatic N) is 2. The van der Waals surface area contributed by atoms with Gasteiger partial charge in [-0.15, -0.1) is 0 Å². The molecular weight excluding hydrogens is 222 g/mol. The van der Waals surface area contributed by atoms with Gasteiger partial charge in [-0.3, -0.25) is 4.90 Å². The van der Waals surface area contributed by atoms with Crippen molar-refractivity contribution in [1.82, 2.24) is 15.1 Å². The minimum atomic E-state index is 0.831. The molecule has 1 saturated heterocycles. The van der Waals surface area contributed by atoms with Gasteiger partial charge in [-0.1, -0.05) is 13.3 Å². The lowest BCUT2D eigenvalue weighted by atomic mass is 10.0. The van der Waals surface area contributed by atoms with Crippen molar-refractivity contribution in [3.05, 3.63) is 0 Å². The van der Waals surface area contributed by atoms with Crippen LogP contribution in [-0.4, -0.2) is 61.7 Å². The van der Waals surface area contributed by atoms with Crippen LogP contribution in [0.5, 0.6) is 0 Å². The van der Waals surface area contributed by atoms with E-state index in [0.717, 1.165) is 12.1 Å². The normalized spacial score (nSPS) is 25.8. The predicted molar refractivity (Wildman–Crippen MR) is 78.0 cm³/mol. The molecule has 1 aliphatic carbocycles. The second-order valence-corrected chi connectivity index (χ2v) is 6.03. The maximum atomic E-state index is 3.63. The van der Waals surface area contributed by atoms with Gasteiger partial charge >= 0.3 is 0 Å². The highest BCUT2D eigenvalue weighted by atomic mass is 15.2. The standard InChI is InChI=1S/C15H31N3/c1-3-18(15-7-8-15)13-11-16-10-9-14-6-4-5-12-17(14)2/h14-16H,3-13H2,1-2H3. The van der Waals surface area contributed by atoms with E-state index < -0.39 is 0 Å². The molecule has 0 amide bonds. The number of rotatable bonds is 8. The van der Waals surface area contributed by atoms with E-state index in [9.17, 15) is 0 Å². The third kappa shape index (κ3) is 4.52. The quantitative estimate of drug-likeness (QED) is 0.667. The predicted octanol–water partition coefficient (Wildman–Crippen LogP) is 1.93. The Morgan fingerprint density at radius 1 is 1.17 bits per heavy atom. The zero-order valence-corrected chi connectivity index (χ0v) is 12.3. The summed E-state index contributed by atoms with van der Waals surface area (Å²) >= 11 is 0. The summed E-state index contributed by atoms with van der Waals surface area (Å²) in [5, 5.41) is 3.63. The number of hydrogen-bond acceptors (Lipinski definition) is 3. The highest BCUT2D eigenvalue weighted by Crippen LogP contribution is 2.25. The van der Waals surface area contributed by atoms with Crippen molar-refractivity contribution in [2.45, 2.75) is 57.5 Å². The number of piperidine rings is 1. The van der Waals surface area contributed by atoms with E-state index >= 15 is 0 Å². The lowest BCUT2D eigenvalue weighted by molar-refractivity contribution is 0.175. The van der Waals surface area contributed by atoms with Crippen LogP contribution >= 0.6 is 0 Å². The Morgan fingerprint density at radius 3 is 2.67 bits per heavy atom. The molecule has 1 unspecified atom stereocenters. The summed E-state index contributed by atoms with van der Waals surface area (Å²) in [7, 11) is 2.29. The molecular formula is C15H31N3. The average Bonchev–Trinajstić information content (AvgIpc) is 3.20. The number of likely N-dealkylation sites (N-methyl/N-ethyl adjacent to an activating group) is 1. The summed E-state index contributed by atoms with van der Waals surface area (Å²) in [5.74, 6) is 0. The SMILES string of the molecule is CCN(CCNCCC1CCCCN1C)C1CC1. The molecule has 2 fully saturated rings. The van der Waals surface area contributed by atoms with E-state index in [4.69, 9.17) is 0 Å². The minimum absolute atomic E-state index is 0.831. The van der Waals surface area contributed by atoms with Crippen LogP contribution in [0.3, 0.4) is 0 Å². The molecule has 1 saturated carbocycles. The second kappa shape index (κ2) is 7.46. The first-order valence-electron chi connectivity index (χ1n) is 7.96. The Morgan fingerprint density at radius 2 is 2.00 bits per heavy atom. The van der Waals surface area contributed by atoms with Crippen LogP contribution in [-0.2, 0) is 0 Å². The highest BCUT2D eigenvalue weighted by molar-refractivity contribution is 4.84. The first-order chi connectivity index (χ1) is 8.81. The van der Waals surface area contributed by atoms with Crippen LogP contribution in [0.15, 0.2) is 0 Å². The van der Waals surface area contributed by atoms with Crippen LogP contribution in [0, 0.1) is 0 Å². The van der Waals surface area contributed by atoms with Crippen LogP contribution < -0.4 is 5.32 Å². The Hall–Kier alpha value is -0.120. The third-order valence-electron chi connectivity index (χ3n) is 4.62. The van der Waals surface area contributed by atoms with Gasteiger partial charge in [-0.05, 0) is 58.8 Å². The first kappa shape index (κ1) is 14.3. The molecule has 18 heavy (non-hydrogen) atoms. The molecule has 0 aromatic heterocycles. The molecule has 3 nitrogen and oxygen atoms in total. The van der Waals surface area contributed by atoms with Gasteiger partial charge in [-0.2, -0.15) is 0 Å². The lowest BCUT2D eigenvalue weighted by Crippen LogP contribution is -2.39. The largest absolute Gasteiger partial charge is 0.315 e. The molecule has 0 aromatic carbocycles. The van der Waals surface area contributed by atoms with Gasteiger partial charge in [0, 0.05) is 25.2 Å². The van der Waals surface area contributed by atoms with Crippen molar-refractivity contribution in [2.24, 2.45) is 0 Å². The number of nitrogens with one attached hydrogen (secondary N) is 1. The number of likely N-dealkylation sites (tertiary alicyclic amines) is 1. The Balaban J connectivity index is 1.50. The maximum absolute atomic E-state index is 3.63. The van der Waals surface area contributed by atoms with Crippen molar-refractivity contribution in [1.29, 1.82) is 0 Å². The molecule has 0 aromatic rings. The molecule has 3 heteroatoms. The molecule has 1 heterocycles. The zero-order valence-electron chi connectivity index (χ0n) is 12.3. The molecule has 106 valence electrons. The van der Waals surface area contributed by atoms with Crippen LogP contribution in [0.1, 0.15) is 45.4 Å². The van der Waals surface area contributed by atoms with Crippen LogP contribution in [0.2, 0.25) is 0 Å². The summed E-state index contributed by atoms with van der Waals surface area (Å²) in [6.45, 7) is 8.41. The van der Waals surface area contributed by atoms with E-state index in [0.29, 0.717) is 0 Å². The van der Waals surface area contributed by atoms with Crippen molar-refractivity contribution >= 4 is 0 Å². The Labute approximate surface area is 113 Å². The third-order valence-corrected chi connectivity index (χ3v) is 4.62. The van der Waals surface area contributed by atoms with Crippen LogP contribution in [0.4, 0.5) is 0 Å². The van der Waals surface area contributed by atoms with Crippen molar-refractivity contribution in [3.8, 4) is 0 Å². The summed E-state index contributed by atoms with van der Waals surface area (Å²) in [5.41, 5.74) is 0. The minimum Gasteiger partial charge on any atom is -0.315 e. The van der Waals surface area contributed by atoms with Gasteiger partial charge in [0.15, 0.2) is 0 Å². The van der Waals surface area contributed by atoms with E-state index in [1.165, 1.54) is 71.2 Å². The molecule has 0 bridgehead atoms. The van der Waals surface area contributed by atoms with Gasteiger partial charge in [0.25, 0.3) is 0 Å². The molecule has 2 aliphatic rings. The summed E-state index contributed by atoms with van der Waals surface area (Å²) in [6, 6.07) is 1.75. The topological polar surface area (TPSA) is 18.5 Å².